The van der Waals surface area contributed by atoms with Crippen LogP contribution in [0.4, 0.5) is 5.69 Å². The van der Waals surface area contributed by atoms with E-state index in [0.717, 1.165) is 11.1 Å². The van der Waals surface area contributed by atoms with Crippen LogP contribution in [0.2, 0.25) is 0 Å². The summed E-state index contributed by atoms with van der Waals surface area (Å²) < 4.78 is 11.2. The molecule has 1 heterocycles. The van der Waals surface area contributed by atoms with Crippen LogP contribution in [-0.2, 0) is 9.59 Å². The predicted octanol–water partition coefficient (Wildman–Crippen LogP) is 5.73. The molecule has 4 rings (SSSR count). The van der Waals surface area contributed by atoms with Gasteiger partial charge in [0.2, 0.25) is 0 Å². The van der Waals surface area contributed by atoms with Crippen LogP contribution in [-0.4, -0.2) is 30.0 Å². The number of Topliss-reactive ketones (excluding diaryl/α,β-unsaturated/α-hetero) is 1. The molecule has 35 heavy (non-hydrogen) atoms. The highest BCUT2D eigenvalue weighted by molar-refractivity contribution is 6.51. The lowest BCUT2D eigenvalue weighted by molar-refractivity contribution is -0.132. The quantitative estimate of drug-likeness (QED) is 0.282. The molecule has 1 amide bonds. The molecular weight excluding hydrogens is 442 g/mol. The first-order valence-electron chi connectivity index (χ1n) is 11.5. The standard InChI is InChI=1S/C29H29NO5/c1-17(2)35-24-11-6-8-20(15-24)26-25(27(31)21-9-7-10-23(16-21)34-5)28(32)29(33)30(26)22-13-12-18(3)19(4)14-22/h6-17,26,31H,1-5H3/b27-25+. The van der Waals surface area contributed by atoms with Crippen LogP contribution in [0.25, 0.3) is 5.76 Å². The lowest BCUT2D eigenvalue weighted by Gasteiger charge is -2.26. The Balaban J connectivity index is 1.95. The van der Waals surface area contributed by atoms with E-state index in [9.17, 15) is 14.7 Å². The first-order chi connectivity index (χ1) is 16.7. The third kappa shape index (κ3) is 4.64. The number of aliphatic hydroxyl groups excluding tert-OH is 1. The van der Waals surface area contributed by atoms with Crippen molar-refractivity contribution in [1.82, 2.24) is 0 Å². The molecule has 0 aromatic heterocycles. The van der Waals surface area contributed by atoms with Gasteiger partial charge in [0.05, 0.1) is 24.8 Å². The van der Waals surface area contributed by atoms with E-state index in [1.807, 2.05) is 70.2 Å². The van der Waals surface area contributed by atoms with E-state index in [0.29, 0.717) is 28.3 Å². The average molecular weight is 472 g/mol. The second-order valence-electron chi connectivity index (χ2n) is 8.91. The molecule has 3 aromatic carbocycles. The molecule has 1 aliphatic heterocycles. The zero-order valence-corrected chi connectivity index (χ0v) is 20.5. The van der Waals surface area contributed by atoms with Crippen LogP contribution < -0.4 is 14.4 Å². The van der Waals surface area contributed by atoms with E-state index < -0.39 is 17.7 Å². The van der Waals surface area contributed by atoms with Crippen molar-refractivity contribution in [3.05, 3.63) is 94.6 Å². The summed E-state index contributed by atoms with van der Waals surface area (Å²) in [6, 6.07) is 18.8. The van der Waals surface area contributed by atoms with Gasteiger partial charge >= 0.3 is 0 Å². The first-order valence-corrected chi connectivity index (χ1v) is 11.5. The number of carbonyl (C=O) groups is 2. The molecule has 1 N–H and O–H groups in total. The summed E-state index contributed by atoms with van der Waals surface area (Å²) in [6.45, 7) is 7.80. The number of ether oxygens (including phenoxy) is 2. The summed E-state index contributed by atoms with van der Waals surface area (Å²) in [6.07, 6.45) is -0.0480. The molecule has 1 fully saturated rings. The number of benzene rings is 3. The van der Waals surface area contributed by atoms with Crippen molar-refractivity contribution in [1.29, 1.82) is 0 Å². The first kappa shape index (κ1) is 24.1. The predicted molar refractivity (Wildman–Crippen MR) is 136 cm³/mol. The fraction of sp³-hybridized carbons (Fsp3) is 0.241. The molecule has 0 radical (unpaired) electrons. The van der Waals surface area contributed by atoms with E-state index in [1.165, 1.54) is 12.0 Å². The molecule has 0 saturated carbocycles. The third-order valence-electron chi connectivity index (χ3n) is 6.10. The average Bonchev–Trinajstić information content (AvgIpc) is 3.10. The van der Waals surface area contributed by atoms with E-state index in [2.05, 4.69) is 0 Å². The highest BCUT2D eigenvalue weighted by Gasteiger charge is 2.47. The van der Waals surface area contributed by atoms with Crippen molar-refractivity contribution in [2.24, 2.45) is 0 Å². The lowest BCUT2D eigenvalue weighted by Crippen LogP contribution is -2.29. The van der Waals surface area contributed by atoms with Gasteiger partial charge in [0.1, 0.15) is 17.3 Å². The maximum atomic E-state index is 13.4. The van der Waals surface area contributed by atoms with Gasteiger partial charge in [-0.15, -0.1) is 0 Å². The number of carbonyl (C=O) groups excluding carboxylic acids is 2. The molecule has 6 heteroatoms. The Morgan fingerprint density at radius 2 is 1.63 bits per heavy atom. The van der Waals surface area contributed by atoms with Crippen molar-refractivity contribution in [3.8, 4) is 11.5 Å². The second-order valence-corrected chi connectivity index (χ2v) is 8.91. The number of aryl methyl sites for hydroxylation is 2. The second kappa shape index (κ2) is 9.66. The van der Waals surface area contributed by atoms with Crippen LogP contribution >= 0.6 is 0 Å². The molecular formula is C29H29NO5. The van der Waals surface area contributed by atoms with Crippen LogP contribution in [0.1, 0.15) is 42.1 Å². The number of hydrogen-bond donors (Lipinski definition) is 1. The van der Waals surface area contributed by atoms with Crippen molar-refractivity contribution >= 4 is 23.1 Å². The van der Waals surface area contributed by atoms with Gasteiger partial charge in [0.25, 0.3) is 11.7 Å². The highest BCUT2D eigenvalue weighted by atomic mass is 16.5. The van der Waals surface area contributed by atoms with Gasteiger partial charge in [-0.3, -0.25) is 14.5 Å². The topological polar surface area (TPSA) is 76.1 Å². The Bertz CT molecular complexity index is 1320. The zero-order valence-electron chi connectivity index (χ0n) is 20.5. The monoisotopic (exact) mass is 471 g/mol. The number of ketones is 1. The minimum atomic E-state index is -0.834. The number of anilines is 1. The maximum Gasteiger partial charge on any atom is 0.300 e. The minimum absolute atomic E-state index is 0.0168. The number of amides is 1. The smallest absolute Gasteiger partial charge is 0.300 e. The van der Waals surface area contributed by atoms with Crippen molar-refractivity contribution < 1.29 is 24.2 Å². The SMILES string of the molecule is COc1cccc(/C(O)=C2\C(=O)C(=O)N(c3ccc(C)c(C)c3)C2c2cccc(OC(C)C)c2)c1. The Kier molecular flexibility index (Phi) is 6.65. The molecule has 1 aliphatic rings. The van der Waals surface area contributed by atoms with E-state index >= 15 is 0 Å². The maximum absolute atomic E-state index is 13.4. The van der Waals surface area contributed by atoms with Gasteiger partial charge in [0.15, 0.2) is 0 Å². The number of methoxy groups -OCH3 is 1. The number of hydrogen-bond acceptors (Lipinski definition) is 5. The molecule has 0 bridgehead atoms. The van der Waals surface area contributed by atoms with Gasteiger partial charge in [-0.25, -0.2) is 0 Å². The normalized spacial score (nSPS) is 17.2. The Labute approximate surface area is 205 Å². The van der Waals surface area contributed by atoms with E-state index in [4.69, 9.17) is 9.47 Å². The summed E-state index contributed by atoms with van der Waals surface area (Å²) >= 11 is 0. The fourth-order valence-corrected chi connectivity index (χ4v) is 4.25. The zero-order chi connectivity index (χ0) is 25.3. The summed E-state index contributed by atoms with van der Waals surface area (Å²) in [5.41, 5.74) is 3.72. The number of nitrogens with zero attached hydrogens (tertiary/aromatic N) is 1. The summed E-state index contributed by atoms with van der Waals surface area (Å²) in [5.74, 6) is -0.554. The molecule has 1 saturated heterocycles. The summed E-state index contributed by atoms with van der Waals surface area (Å²) in [7, 11) is 1.53. The van der Waals surface area contributed by atoms with E-state index in [-0.39, 0.29) is 17.4 Å². The van der Waals surface area contributed by atoms with Crippen LogP contribution in [0.15, 0.2) is 72.3 Å². The van der Waals surface area contributed by atoms with Crippen molar-refractivity contribution in [2.45, 2.75) is 39.8 Å². The lowest BCUT2D eigenvalue weighted by atomic mass is 9.94. The Morgan fingerprint density at radius 1 is 0.914 bits per heavy atom. The van der Waals surface area contributed by atoms with Gasteiger partial charge in [0, 0.05) is 11.3 Å². The van der Waals surface area contributed by atoms with Crippen LogP contribution in [0, 0.1) is 13.8 Å². The Hall–Kier alpha value is -4.06. The molecule has 3 aromatic rings. The van der Waals surface area contributed by atoms with Crippen molar-refractivity contribution in [3.63, 3.8) is 0 Å². The van der Waals surface area contributed by atoms with Gasteiger partial charge in [-0.05, 0) is 80.8 Å². The molecule has 1 unspecified atom stereocenters. The third-order valence-corrected chi connectivity index (χ3v) is 6.10. The highest BCUT2D eigenvalue weighted by Crippen LogP contribution is 2.43. The molecule has 180 valence electrons. The van der Waals surface area contributed by atoms with Gasteiger partial charge < -0.3 is 14.6 Å². The number of aliphatic hydroxyl groups is 1. The van der Waals surface area contributed by atoms with Gasteiger partial charge in [-0.2, -0.15) is 0 Å². The molecule has 0 spiro atoms. The van der Waals surface area contributed by atoms with Crippen molar-refractivity contribution in [2.75, 3.05) is 12.0 Å². The summed E-state index contributed by atoms with van der Waals surface area (Å²) in [4.78, 5) is 28.2. The number of rotatable bonds is 6. The summed E-state index contributed by atoms with van der Waals surface area (Å²) in [5, 5.41) is 11.3. The minimum Gasteiger partial charge on any atom is -0.507 e. The van der Waals surface area contributed by atoms with Crippen LogP contribution in [0.3, 0.4) is 0 Å². The van der Waals surface area contributed by atoms with Crippen LogP contribution in [0.5, 0.6) is 11.5 Å². The molecule has 6 nitrogen and oxygen atoms in total. The fourth-order valence-electron chi connectivity index (χ4n) is 4.25. The van der Waals surface area contributed by atoms with Gasteiger partial charge in [-0.1, -0.05) is 30.3 Å². The molecule has 1 atom stereocenters. The van der Waals surface area contributed by atoms with E-state index in [1.54, 1.807) is 24.3 Å². The molecule has 0 aliphatic carbocycles. The largest absolute Gasteiger partial charge is 0.507 e. The Morgan fingerprint density at radius 3 is 2.31 bits per heavy atom.